The lowest BCUT2D eigenvalue weighted by Gasteiger charge is -2.23. The summed E-state index contributed by atoms with van der Waals surface area (Å²) >= 11 is 0. The molecule has 3 atom stereocenters. The molecule has 1 saturated heterocycles. The predicted octanol–water partition coefficient (Wildman–Crippen LogP) is 3.12. The Hall–Kier alpha value is -1.89. The summed E-state index contributed by atoms with van der Waals surface area (Å²) in [6, 6.07) is 2.20. The molecule has 0 aromatic heterocycles. The Bertz CT molecular complexity index is 699. The SMILES string of the molecule is COC(=O)C1=C[C@@H]2[C@@H](OCC2(F)F)C1c1ccc(F)c(F)c1C. The highest BCUT2D eigenvalue weighted by Crippen LogP contribution is 2.51. The van der Waals surface area contributed by atoms with Gasteiger partial charge < -0.3 is 9.47 Å². The van der Waals surface area contributed by atoms with Gasteiger partial charge in [0.1, 0.15) is 6.61 Å². The number of halogens is 4. The van der Waals surface area contributed by atoms with Crippen LogP contribution in [0.25, 0.3) is 0 Å². The number of hydrogen-bond acceptors (Lipinski definition) is 3. The third-order valence-corrected chi connectivity index (χ3v) is 4.47. The van der Waals surface area contributed by atoms with E-state index in [-0.39, 0.29) is 16.7 Å². The molecule has 1 aromatic carbocycles. The third kappa shape index (κ3) is 2.34. The highest BCUT2D eigenvalue weighted by molar-refractivity contribution is 5.91. The summed E-state index contributed by atoms with van der Waals surface area (Å²) in [5.41, 5.74) is 0.186. The topological polar surface area (TPSA) is 35.5 Å². The molecule has 2 aliphatic rings. The first-order chi connectivity index (χ1) is 10.8. The molecule has 124 valence electrons. The molecule has 1 heterocycles. The zero-order valence-corrected chi connectivity index (χ0v) is 12.4. The van der Waals surface area contributed by atoms with Crippen molar-refractivity contribution in [1.29, 1.82) is 0 Å². The average Bonchev–Trinajstić information content (AvgIpc) is 3.03. The van der Waals surface area contributed by atoms with E-state index in [1.807, 2.05) is 0 Å². The van der Waals surface area contributed by atoms with Crippen molar-refractivity contribution in [1.82, 2.24) is 0 Å². The molecule has 23 heavy (non-hydrogen) atoms. The van der Waals surface area contributed by atoms with Crippen molar-refractivity contribution in [3.63, 3.8) is 0 Å². The number of ether oxygens (including phenoxy) is 2. The van der Waals surface area contributed by atoms with E-state index < -0.39 is 48.1 Å². The number of esters is 1. The first kappa shape index (κ1) is 16.0. The molecule has 0 amide bonds. The Morgan fingerprint density at radius 2 is 2.04 bits per heavy atom. The maximum atomic E-state index is 13.9. The van der Waals surface area contributed by atoms with Crippen LogP contribution in [0.15, 0.2) is 23.8 Å². The summed E-state index contributed by atoms with van der Waals surface area (Å²) in [6.45, 7) is 0.565. The number of benzene rings is 1. The Labute approximate surface area is 129 Å². The van der Waals surface area contributed by atoms with Gasteiger partial charge in [-0.3, -0.25) is 0 Å². The number of alkyl halides is 2. The van der Waals surface area contributed by atoms with Gasteiger partial charge in [-0.25, -0.2) is 22.4 Å². The summed E-state index contributed by atoms with van der Waals surface area (Å²) in [5.74, 6) is -8.23. The number of hydrogen-bond donors (Lipinski definition) is 0. The molecule has 3 nitrogen and oxygen atoms in total. The van der Waals surface area contributed by atoms with Gasteiger partial charge in [0.15, 0.2) is 11.6 Å². The van der Waals surface area contributed by atoms with Crippen LogP contribution in [0, 0.1) is 24.5 Å². The van der Waals surface area contributed by atoms with E-state index in [1.165, 1.54) is 13.0 Å². The number of fused-ring (bicyclic) bond motifs is 1. The summed E-state index contributed by atoms with van der Waals surface area (Å²) < 4.78 is 64.8. The van der Waals surface area contributed by atoms with Crippen molar-refractivity contribution < 1.29 is 31.8 Å². The summed E-state index contributed by atoms with van der Waals surface area (Å²) in [7, 11) is 1.13. The van der Waals surface area contributed by atoms with E-state index in [0.29, 0.717) is 0 Å². The van der Waals surface area contributed by atoms with Gasteiger partial charge in [0.2, 0.25) is 0 Å². The molecule has 7 heteroatoms. The molecule has 0 radical (unpaired) electrons. The second kappa shape index (κ2) is 5.33. The van der Waals surface area contributed by atoms with Crippen molar-refractivity contribution >= 4 is 5.97 Å². The van der Waals surface area contributed by atoms with Crippen LogP contribution in [-0.2, 0) is 14.3 Å². The van der Waals surface area contributed by atoms with E-state index in [0.717, 1.165) is 19.3 Å². The van der Waals surface area contributed by atoms with Crippen LogP contribution in [0.5, 0.6) is 0 Å². The molecular weight excluding hydrogens is 316 g/mol. The first-order valence-corrected chi connectivity index (χ1v) is 7.02. The van der Waals surface area contributed by atoms with Crippen molar-refractivity contribution in [2.75, 3.05) is 13.7 Å². The van der Waals surface area contributed by atoms with Crippen molar-refractivity contribution in [2.24, 2.45) is 5.92 Å². The standard InChI is InChI=1S/C16H14F4O3/c1-7-8(3-4-11(17)13(7)18)12-9(15(21)22-2)5-10-14(12)23-6-16(10,19)20/h3-5,10,12,14H,6H2,1-2H3/t10-,12?,14-/m1/s1. The molecule has 1 aromatic rings. The van der Waals surface area contributed by atoms with E-state index in [4.69, 9.17) is 4.74 Å². The monoisotopic (exact) mass is 330 g/mol. The van der Waals surface area contributed by atoms with Gasteiger partial charge in [-0.15, -0.1) is 0 Å². The summed E-state index contributed by atoms with van der Waals surface area (Å²) in [5, 5.41) is 0. The molecule has 1 aliphatic carbocycles. The lowest BCUT2D eigenvalue weighted by atomic mass is 9.85. The largest absolute Gasteiger partial charge is 0.466 e. The summed E-state index contributed by atoms with van der Waals surface area (Å²) in [6.07, 6.45) is 0.122. The number of rotatable bonds is 2. The van der Waals surface area contributed by atoms with Gasteiger partial charge in [0.25, 0.3) is 5.92 Å². The Kier molecular flexibility index (Phi) is 3.71. The molecular formula is C16H14F4O3. The Morgan fingerprint density at radius 3 is 2.70 bits per heavy atom. The van der Waals surface area contributed by atoms with E-state index in [1.54, 1.807) is 0 Å². The lowest BCUT2D eigenvalue weighted by Crippen LogP contribution is -2.28. The fourth-order valence-electron chi connectivity index (χ4n) is 3.30. The molecule has 1 aliphatic heterocycles. The molecule has 0 saturated carbocycles. The smallest absolute Gasteiger partial charge is 0.334 e. The Balaban J connectivity index is 2.12. The number of methoxy groups -OCH3 is 1. The van der Waals surface area contributed by atoms with Gasteiger partial charge in [-0.1, -0.05) is 12.1 Å². The van der Waals surface area contributed by atoms with Crippen molar-refractivity contribution in [2.45, 2.75) is 24.9 Å². The third-order valence-electron chi connectivity index (χ3n) is 4.47. The number of carbonyl (C=O) groups excluding carboxylic acids is 1. The van der Waals surface area contributed by atoms with E-state index in [2.05, 4.69) is 4.74 Å². The molecule has 1 unspecified atom stereocenters. The zero-order valence-electron chi connectivity index (χ0n) is 12.4. The van der Waals surface area contributed by atoms with E-state index in [9.17, 15) is 22.4 Å². The Morgan fingerprint density at radius 1 is 1.35 bits per heavy atom. The fraction of sp³-hybridized carbons (Fsp3) is 0.438. The molecule has 0 N–H and O–H groups in total. The fourth-order valence-corrected chi connectivity index (χ4v) is 3.30. The maximum Gasteiger partial charge on any atom is 0.334 e. The summed E-state index contributed by atoms with van der Waals surface area (Å²) in [4.78, 5) is 11.9. The lowest BCUT2D eigenvalue weighted by molar-refractivity contribution is -0.136. The van der Waals surface area contributed by atoms with Crippen molar-refractivity contribution in [3.8, 4) is 0 Å². The molecule has 0 bridgehead atoms. The maximum absolute atomic E-state index is 13.9. The minimum absolute atomic E-state index is 0.0176. The molecule has 1 fully saturated rings. The highest BCUT2D eigenvalue weighted by atomic mass is 19.3. The van der Waals surface area contributed by atoms with E-state index >= 15 is 0 Å². The minimum atomic E-state index is -3.12. The van der Waals surface area contributed by atoms with Crippen molar-refractivity contribution in [3.05, 3.63) is 46.5 Å². The predicted molar refractivity (Wildman–Crippen MR) is 72.1 cm³/mol. The second-order valence-corrected chi connectivity index (χ2v) is 5.73. The highest BCUT2D eigenvalue weighted by Gasteiger charge is 2.58. The average molecular weight is 330 g/mol. The van der Waals surface area contributed by atoms with Gasteiger partial charge in [-0.2, -0.15) is 0 Å². The van der Waals surface area contributed by atoms with Crippen LogP contribution in [0.3, 0.4) is 0 Å². The van der Waals surface area contributed by atoms with Crippen LogP contribution in [0.2, 0.25) is 0 Å². The van der Waals surface area contributed by atoms with Crippen LogP contribution >= 0.6 is 0 Å². The van der Waals surface area contributed by atoms with Crippen LogP contribution in [0.4, 0.5) is 17.6 Å². The van der Waals surface area contributed by atoms with Crippen LogP contribution in [-0.4, -0.2) is 31.7 Å². The first-order valence-electron chi connectivity index (χ1n) is 7.02. The quantitative estimate of drug-likeness (QED) is 0.617. The van der Waals surface area contributed by atoms with Crippen LogP contribution in [0.1, 0.15) is 17.0 Å². The van der Waals surface area contributed by atoms with Crippen LogP contribution < -0.4 is 0 Å². The van der Waals surface area contributed by atoms with Gasteiger partial charge in [0, 0.05) is 11.5 Å². The molecule has 0 spiro atoms. The van der Waals surface area contributed by atoms with Gasteiger partial charge in [-0.05, 0) is 24.1 Å². The molecule has 3 rings (SSSR count). The normalized spacial score (nSPS) is 28.4. The zero-order chi connectivity index (χ0) is 16.9. The minimum Gasteiger partial charge on any atom is -0.466 e. The second-order valence-electron chi connectivity index (χ2n) is 5.73. The number of carbonyl (C=O) groups is 1. The van der Waals surface area contributed by atoms with Gasteiger partial charge >= 0.3 is 5.97 Å². The van der Waals surface area contributed by atoms with Gasteiger partial charge in [0.05, 0.1) is 19.1 Å².